The fraction of sp³-hybridized carbons (Fsp3) is 0.448. The van der Waals surface area contributed by atoms with Crippen molar-refractivity contribution in [3.8, 4) is 23.0 Å². The largest absolute Gasteiger partial charge is 0.490 e. The van der Waals surface area contributed by atoms with Gasteiger partial charge in [-0.05, 0) is 49.6 Å². The molecule has 0 radical (unpaired) electrons. The van der Waals surface area contributed by atoms with E-state index in [1.807, 2.05) is 0 Å². The molecule has 0 amide bonds. The van der Waals surface area contributed by atoms with Gasteiger partial charge in [0, 0.05) is 0 Å². The number of rotatable bonds is 17. The summed E-state index contributed by atoms with van der Waals surface area (Å²) >= 11 is 0. The molecule has 2 aromatic rings. The lowest BCUT2D eigenvalue weighted by Gasteiger charge is -2.18. The highest BCUT2D eigenvalue weighted by Gasteiger charge is 2.21. The Morgan fingerprint density at radius 1 is 0.778 bits per heavy atom. The van der Waals surface area contributed by atoms with Crippen molar-refractivity contribution in [2.24, 2.45) is 0 Å². The number of ether oxygens (including phenoxy) is 5. The third-order valence-electron chi connectivity index (χ3n) is 5.12. The van der Waals surface area contributed by atoms with Gasteiger partial charge in [0.2, 0.25) is 5.75 Å². The summed E-state index contributed by atoms with van der Waals surface area (Å²) in [6.07, 6.45) is 7.03. The van der Waals surface area contributed by atoms with Crippen molar-refractivity contribution in [3.05, 3.63) is 60.2 Å². The molecule has 0 atom stereocenters. The van der Waals surface area contributed by atoms with Gasteiger partial charge in [-0.3, -0.25) is 0 Å². The van der Waals surface area contributed by atoms with Crippen molar-refractivity contribution in [2.45, 2.75) is 59.3 Å². The van der Waals surface area contributed by atoms with Crippen LogP contribution in [0, 0.1) is 0 Å². The number of esters is 2. The number of benzene rings is 2. The second-order valence-electron chi connectivity index (χ2n) is 8.21. The molecule has 2 rings (SSSR count). The van der Waals surface area contributed by atoms with E-state index in [0.29, 0.717) is 37.1 Å². The van der Waals surface area contributed by atoms with Gasteiger partial charge in [0.05, 0.1) is 30.9 Å². The summed E-state index contributed by atoms with van der Waals surface area (Å²) in [5.74, 6) is 0.480. The molecule has 0 aliphatic rings. The van der Waals surface area contributed by atoms with E-state index in [0.717, 1.165) is 38.5 Å². The van der Waals surface area contributed by atoms with Crippen LogP contribution in [0.4, 0.5) is 0 Å². The molecular formula is C29H38O7. The maximum Gasteiger partial charge on any atom is 0.343 e. The van der Waals surface area contributed by atoms with Crippen molar-refractivity contribution in [3.63, 3.8) is 0 Å². The van der Waals surface area contributed by atoms with Crippen LogP contribution in [0.25, 0.3) is 0 Å². The molecule has 0 spiro atoms. The summed E-state index contributed by atoms with van der Waals surface area (Å²) in [6, 6.07) is 9.51. The molecule has 2 aromatic carbocycles. The minimum atomic E-state index is -0.604. The van der Waals surface area contributed by atoms with Gasteiger partial charge in [0.1, 0.15) is 12.4 Å². The highest BCUT2D eigenvalue weighted by Crippen LogP contribution is 2.40. The van der Waals surface area contributed by atoms with Crippen molar-refractivity contribution in [1.29, 1.82) is 0 Å². The zero-order valence-electron chi connectivity index (χ0n) is 21.7. The predicted molar refractivity (Wildman–Crippen MR) is 140 cm³/mol. The van der Waals surface area contributed by atoms with E-state index >= 15 is 0 Å². The Bertz CT molecular complexity index is 952. The summed E-state index contributed by atoms with van der Waals surface area (Å²) in [5.41, 5.74) is 0.532. The van der Waals surface area contributed by atoms with Crippen LogP contribution in [0.5, 0.6) is 23.0 Å². The van der Waals surface area contributed by atoms with Crippen LogP contribution in [-0.4, -0.2) is 38.4 Å². The molecule has 0 N–H and O–H groups in total. The average molecular weight is 499 g/mol. The van der Waals surface area contributed by atoms with Crippen molar-refractivity contribution < 1.29 is 33.3 Å². The molecule has 0 bridgehead atoms. The van der Waals surface area contributed by atoms with Gasteiger partial charge in [-0.1, -0.05) is 58.8 Å². The van der Waals surface area contributed by atoms with E-state index in [1.54, 1.807) is 30.3 Å². The Morgan fingerprint density at radius 2 is 1.36 bits per heavy atom. The molecule has 0 heterocycles. The molecule has 7 nitrogen and oxygen atoms in total. The topological polar surface area (TPSA) is 80.3 Å². The number of carbonyl (C=O) groups is 2. The Hall–Kier alpha value is -3.48. The van der Waals surface area contributed by atoms with Crippen LogP contribution < -0.4 is 18.9 Å². The van der Waals surface area contributed by atoms with Crippen LogP contribution in [0.2, 0.25) is 0 Å². The van der Waals surface area contributed by atoms with E-state index in [4.69, 9.17) is 23.7 Å². The molecular weight excluding hydrogens is 460 g/mol. The Labute approximate surface area is 214 Å². The van der Waals surface area contributed by atoms with Crippen LogP contribution >= 0.6 is 0 Å². The Balaban J connectivity index is 2.33. The van der Waals surface area contributed by atoms with E-state index in [9.17, 15) is 9.59 Å². The number of carbonyl (C=O) groups excluding carboxylic acids is 2. The summed E-state index contributed by atoms with van der Waals surface area (Å²) in [4.78, 5) is 25.2. The average Bonchev–Trinajstić information content (AvgIpc) is 2.88. The molecule has 0 saturated carbocycles. The molecule has 0 fully saturated rings. The standard InChI is InChI=1S/C29H38O7/c1-5-9-16-32-25-20-23(21-26(33-17-10-6-2)27(25)34-18-11-7-3)29(31)36-24-14-12-13-22(19-24)28(30)35-15-8-4/h8,12-14,19-21H,4-7,9-11,15-18H2,1-3H3. The molecule has 196 valence electrons. The lowest BCUT2D eigenvalue weighted by Crippen LogP contribution is -2.12. The number of hydrogen-bond donors (Lipinski definition) is 0. The lowest BCUT2D eigenvalue weighted by atomic mass is 10.1. The van der Waals surface area contributed by atoms with Crippen LogP contribution in [0.1, 0.15) is 80.0 Å². The minimum Gasteiger partial charge on any atom is -0.490 e. The van der Waals surface area contributed by atoms with E-state index in [-0.39, 0.29) is 23.5 Å². The Morgan fingerprint density at radius 3 is 1.92 bits per heavy atom. The van der Waals surface area contributed by atoms with Gasteiger partial charge < -0.3 is 23.7 Å². The summed E-state index contributed by atoms with van der Waals surface area (Å²) < 4.78 is 28.7. The first-order valence-corrected chi connectivity index (χ1v) is 12.7. The highest BCUT2D eigenvalue weighted by molar-refractivity contribution is 5.93. The maximum atomic E-state index is 13.1. The molecule has 7 heteroatoms. The zero-order valence-corrected chi connectivity index (χ0v) is 21.7. The Kier molecular flexibility index (Phi) is 13.0. The first-order valence-electron chi connectivity index (χ1n) is 12.7. The molecule has 36 heavy (non-hydrogen) atoms. The SMILES string of the molecule is C=CCOC(=O)c1cccc(OC(=O)c2cc(OCCCC)c(OCCCC)c(OCCCC)c2)c1. The van der Waals surface area contributed by atoms with Crippen molar-refractivity contribution in [2.75, 3.05) is 26.4 Å². The van der Waals surface area contributed by atoms with E-state index in [2.05, 4.69) is 27.4 Å². The predicted octanol–water partition coefficient (Wildman–Crippen LogP) is 6.79. The van der Waals surface area contributed by atoms with Crippen LogP contribution in [0.15, 0.2) is 49.1 Å². The minimum absolute atomic E-state index is 0.0944. The monoisotopic (exact) mass is 498 g/mol. The summed E-state index contributed by atoms with van der Waals surface area (Å²) in [5, 5.41) is 0. The highest BCUT2D eigenvalue weighted by atomic mass is 16.5. The molecule has 0 aromatic heterocycles. The summed E-state index contributed by atoms with van der Waals surface area (Å²) in [6.45, 7) is 11.4. The van der Waals surface area contributed by atoms with Crippen LogP contribution in [-0.2, 0) is 4.74 Å². The first-order chi connectivity index (χ1) is 17.5. The van der Waals surface area contributed by atoms with Crippen molar-refractivity contribution in [1.82, 2.24) is 0 Å². The van der Waals surface area contributed by atoms with Gasteiger partial charge in [-0.15, -0.1) is 0 Å². The molecule has 0 aliphatic carbocycles. The quantitative estimate of drug-likeness (QED) is 0.103. The molecule has 0 aliphatic heterocycles. The molecule has 0 saturated heterocycles. The third-order valence-corrected chi connectivity index (χ3v) is 5.12. The van der Waals surface area contributed by atoms with E-state index < -0.39 is 11.9 Å². The van der Waals surface area contributed by atoms with Gasteiger partial charge in [-0.25, -0.2) is 9.59 Å². The maximum absolute atomic E-state index is 13.1. The van der Waals surface area contributed by atoms with E-state index in [1.165, 1.54) is 12.1 Å². The lowest BCUT2D eigenvalue weighted by molar-refractivity contribution is 0.0547. The molecule has 0 unspecified atom stereocenters. The normalized spacial score (nSPS) is 10.4. The van der Waals surface area contributed by atoms with Crippen molar-refractivity contribution >= 4 is 11.9 Å². The second kappa shape index (κ2) is 16.2. The van der Waals surface area contributed by atoms with Gasteiger partial charge in [0.15, 0.2) is 11.5 Å². The smallest absolute Gasteiger partial charge is 0.343 e. The zero-order chi connectivity index (χ0) is 26.2. The van der Waals surface area contributed by atoms with Gasteiger partial charge in [-0.2, -0.15) is 0 Å². The first kappa shape index (κ1) is 28.8. The summed E-state index contributed by atoms with van der Waals surface area (Å²) in [7, 11) is 0. The third kappa shape index (κ3) is 9.29. The van der Waals surface area contributed by atoms with Gasteiger partial charge in [0.25, 0.3) is 0 Å². The van der Waals surface area contributed by atoms with Gasteiger partial charge >= 0.3 is 11.9 Å². The fourth-order valence-electron chi connectivity index (χ4n) is 3.09. The van der Waals surface area contributed by atoms with Crippen LogP contribution in [0.3, 0.4) is 0 Å². The second-order valence-corrected chi connectivity index (χ2v) is 8.21. The fourth-order valence-corrected chi connectivity index (χ4v) is 3.09. The number of hydrogen-bond acceptors (Lipinski definition) is 7. The number of unbranched alkanes of at least 4 members (excludes halogenated alkanes) is 3.